The number of ether oxygens (including phenoxy) is 1. The Morgan fingerprint density at radius 3 is 2.47 bits per heavy atom. The van der Waals surface area contributed by atoms with Crippen molar-refractivity contribution in [3.63, 3.8) is 0 Å². The molecule has 2 aromatic heterocycles. The van der Waals surface area contributed by atoms with E-state index in [2.05, 4.69) is 73.2 Å². The number of nitrogens with zero attached hydrogens (tertiary/aromatic N) is 5. The number of hydrogen-bond donors (Lipinski definition) is 2. The lowest BCUT2D eigenvalue weighted by Gasteiger charge is -2.50. The van der Waals surface area contributed by atoms with Crippen molar-refractivity contribution >= 4 is 41.5 Å². The smallest absolute Gasteiger partial charge is 0.317 e. The summed E-state index contributed by atoms with van der Waals surface area (Å²) in [5.41, 5.74) is 2.93. The first-order chi connectivity index (χ1) is 26.1. The Bertz CT molecular complexity index is 2220. The maximum absolute atomic E-state index is 17.3. The number of aromatic hydroxyl groups is 1. The van der Waals surface area contributed by atoms with E-state index in [4.69, 9.17) is 9.72 Å². The summed E-state index contributed by atoms with van der Waals surface area (Å²) < 4.78 is 54.2. The highest BCUT2D eigenvalue weighted by Crippen LogP contribution is 2.45. The van der Waals surface area contributed by atoms with Gasteiger partial charge in [-0.15, -0.1) is 5.54 Å². The van der Waals surface area contributed by atoms with Crippen LogP contribution in [0, 0.1) is 23.1 Å². The molecule has 5 heterocycles. The largest absolute Gasteiger partial charge is 0.508 e. The molecule has 0 spiro atoms. The van der Waals surface area contributed by atoms with Gasteiger partial charge in [-0.2, -0.15) is 4.98 Å². The molecule has 2 N–H and O–H groups in total. The average molecular weight is 773 g/mol. The van der Waals surface area contributed by atoms with Gasteiger partial charge >= 0.3 is 6.01 Å². The van der Waals surface area contributed by atoms with Gasteiger partial charge in [0.15, 0.2) is 5.82 Å². The van der Waals surface area contributed by atoms with E-state index in [1.165, 1.54) is 24.4 Å². The van der Waals surface area contributed by atoms with Gasteiger partial charge in [-0.1, -0.05) is 53.5 Å². The van der Waals surface area contributed by atoms with Crippen molar-refractivity contribution < 1.29 is 27.8 Å². The number of pyridine rings is 1. The number of benzene rings is 2. The minimum atomic E-state index is -2.33. The lowest BCUT2D eigenvalue weighted by atomic mass is 9.85. The lowest BCUT2D eigenvalue weighted by Crippen LogP contribution is -2.66. The van der Waals surface area contributed by atoms with Crippen LogP contribution in [0.25, 0.3) is 32.9 Å². The number of hydrogen-bond acceptors (Lipinski definition) is 8. The molecular weight excluding hydrogens is 722 g/mol. The fourth-order valence-electron chi connectivity index (χ4n) is 9.87. The summed E-state index contributed by atoms with van der Waals surface area (Å²) in [5.74, 6) is 1.72. The first-order valence-electron chi connectivity index (χ1n) is 19.4. The summed E-state index contributed by atoms with van der Waals surface area (Å²) in [6, 6.07) is 5.66. The van der Waals surface area contributed by atoms with Crippen LogP contribution in [0.3, 0.4) is 0 Å². The second-order valence-electron chi connectivity index (χ2n) is 16.8. The van der Waals surface area contributed by atoms with Crippen molar-refractivity contribution in [2.24, 2.45) is 0 Å². The van der Waals surface area contributed by atoms with E-state index in [1.807, 2.05) is 0 Å². The molecule has 9 nitrogen and oxygen atoms in total. The molecule has 3 atom stereocenters. The number of fused-ring (bicyclic) bond motifs is 3. The predicted molar refractivity (Wildman–Crippen MR) is 213 cm³/mol. The predicted octanol–water partition coefficient (Wildman–Crippen LogP) is 8.07. The molecule has 3 fully saturated rings. The van der Waals surface area contributed by atoms with Crippen molar-refractivity contribution in [2.75, 3.05) is 38.2 Å². The number of rotatable bonds is 9. The number of carbonyl (C=O) groups excluding carboxylic acids is 1. The second-order valence-corrected chi connectivity index (χ2v) is 22.4. The standard InChI is InChI=1S/C42H51F3N6O3Si/c1-24(2)55(25(3)4,26(5)6)17-12-30-33(44)11-10-27-18-29(52)19-31(34(27)30)36-35(45)37-32(38(48-36)51-16-14-41(51,7)39(53)46-8)21-47-40(49-37)54-23-42-13-9-15-50(42)22-28(43)20-42/h10-11,18-19,21,24-26,28,52H,9,13-16,20,22-23H2,1-8H3,(H,46,53)/t28-,41+,42+/m1/s1. The van der Waals surface area contributed by atoms with Gasteiger partial charge in [0.05, 0.1) is 16.5 Å². The van der Waals surface area contributed by atoms with Crippen LogP contribution in [-0.2, 0) is 4.79 Å². The van der Waals surface area contributed by atoms with Crippen molar-refractivity contribution in [1.82, 2.24) is 25.2 Å². The number of amides is 1. The Morgan fingerprint density at radius 1 is 1.09 bits per heavy atom. The molecule has 3 aliphatic rings. The van der Waals surface area contributed by atoms with E-state index < -0.39 is 37.0 Å². The van der Waals surface area contributed by atoms with Crippen LogP contribution < -0.4 is 15.0 Å². The van der Waals surface area contributed by atoms with Crippen LogP contribution in [0.5, 0.6) is 11.8 Å². The Morgan fingerprint density at radius 2 is 1.82 bits per heavy atom. The number of likely N-dealkylation sites (N-methyl/N-ethyl adjacent to an activating group) is 1. The molecule has 0 aliphatic carbocycles. The molecule has 0 radical (unpaired) electrons. The number of phenolic OH excluding ortho intramolecular Hbond substituents is 1. The topological polar surface area (TPSA) is 104 Å². The third kappa shape index (κ3) is 6.29. The van der Waals surface area contributed by atoms with Crippen molar-refractivity contribution in [3.05, 3.63) is 47.7 Å². The number of carbonyl (C=O) groups is 1. The molecule has 7 rings (SSSR count). The Hall–Kier alpha value is -4.41. The minimum Gasteiger partial charge on any atom is -0.508 e. The van der Waals surface area contributed by atoms with Crippen LogP contribution in [0.2, 0.25) is 16.6 Å². The van der Waals surface area contributed by atoms with Gasteiger partial charge in [-0.05, 0) is 72.9 Å². The van der Waals surface area contributed by atoms with Gasteiger partial charge in [0, 0.05) is 43.7 Å². The molecule has 2 aromatic carbocycles. The normalized spacial score (nSPS) is 22.7. The Labute approximate surface area is 322 Å². The fraction of sp³-hybridized carbons (Fsp3) is 0.524. The number of nitrogens with one attached hydrogen (secondary N) is 1. The van der Waals surface area contributed by atoms with Gasteiger partial charge in [-0.3, -0.25) is 9.69 Å². The summed E-state index contributed by atoms with van der Waals surface area (Å²) in [6.07, 6.45) is 3.08. The molecule has 1 amide bonds. The van der Waals surface area contributed by atoms with Crippen molar-refractivity contribution in [1.29, 1.82) is 0 Å². The summed E-state index contributed by atoms with van der Waals surface area (Å²) in [4.78, 5) is 31.0. The molecular formula is C42H51F3N6O3Si. The molecule has 0 unspecified atom stereocenters. The Balaban J connectivity index is 1.45. The summed E-state index contributed by atoms with van der Waals surface area (Å²) in [6.45, 7) is 16.6. The molecule has 0 bridgehead atoms. The highest BCUT2D eigenvalue weighted by atomic mass is 28.3. The third-order valence-corrected chi connectivity index (χ3v) is 19.1. The third-order valence-electron chi connectivity index (χ3n) is 12.8. The minimum absolute atomic E-state index is 0.0774. The molecule has 55 heavy (non-hydrogen) atoms. The first kappa shape index (κ1) is 38.8. The van der Waals surface area contributed by atoms with E-state index in [0.29, 0.717) is 36.7 Å². The maximum atomic E-state index is 17.3. The molecule has 0 saturated carbocycles. The molecule has 13 heteroatoms. The molecule has 3 aliphatic heterocycles. The average Bonchev–Trinajstić information content (AvgIpc) is 3.66. The zero-order chi connectivity index (χ0) is 39.6. The number of aromatic nitrogens is 3. The van der Waals surface area contributed by atoms with E-state index in [-0.39, 0.29) is 74.4 Å². The van der Waals surface area contributed by atoms with Gasteiger partial charge in [-0.25, -0.2) is 23.1 Å². The van der Waals surface area contributed by atoms with Crippen LogP contribution >= 0.6 is 0 Å². The Kier molecular flexibility index (Phi) is 10.1. The maximum Gasteiger partial charge on any atom is 0.317 e. The van der Waals surface area contributed by atoms with Crippen LogP contribution in [-0.4, -0.2) is 89.5 Å². The van der Waals surface area contributed by atoms with Gasteiger partial charge in [0.25, 0.3) is 0 Å². The first-order valence-corrected chi connectivity index (χ1v) is 21.7. The summed E-state index contributed by atoms with van der Waals surface area (Å²) in [5, 5.41) is 14.8. The van der Waals surface area contributed by atoms with Crippen LogP contribution in [0.15, 0.2) is 30.5 Å². The summed E-state index contributed by atoms with van der Waals surface area (Å²) in [7, 11) is -0.770. The number of alkyl halides is 1. The molecule has 292 valence electrons. The zero-order valence-electron chi connectivity index (χ0n) is 33.0. The SMILES string of the molecule is CNC(=O)[C@]1(C)CCN1c1nc(-c2cc(O)cc3ccc(F)c(C#C[Si](C(C)C)(C(C)C)C(C)C)c23)c(F)c2nc(OC[C@@]34CCCN3C[C@H](F)C4)ncc12. The lowest BCUT2D eigenvalue weighted by molar-refractivity contribution is -0.127. The fourth-order valence-corrected chi connectivity index (χ4v) is 15.1. The highest BCUT2D eigenvalue weighted by molar-refractivity contribution is 6.90. The number of anilines is 1. The van der Waals surface area contributed by atoms with E-state index in [1.54, 1.807) is 24.9 Å². The van der Waals surface area contributed by atoms with Gasteiger partial charge in [0.1, 0.15) is 55.0 Å². The van der Waals surface area contributed by atoms with Gasteiger partial charge in [0.2, 0.25) is 5.91 Å². The van der Waals surface area contributed by atoms with Crippen molar-refractivity contribution in [3.8, 4) is 34.5 Å². The van der Waals surface area contributed by atoms with Crippen LogP contribution in [0.4, 0.5) is 19.0 Å². The summed E-state index contributed by atoms with van der Waals surface area (Å²) >= 11 is 0. The zero-order valence-corrected chi connectivity index (χ0v) is 34.0. The van der Waals surface area contributed by atoms with E-state index in [9.17, 15) is 14.3 Å². The van der Waals surface area contributed by atoms with E-state index >= 15 is 8.78 Å². The monoisotopic (exact) mass is 772 g/mol. The van der Waals surface area contributed by atoms with Crippen LogP contribution in [0.1, 0.15) is 79.7 Å². The molecule has 3 saturated heterocycles. The number of halogens is 3. The highest BCUT2D eigenvalue weighted by Gasteiger charge is 2.50. The second kappa shape index (κ2) is 14.3. The van der Waals surface area contributed by atoms with E-state index in [0.717, 1.165) is 19.4 Å². The quantitative estimate of drug-likeness (QED) is 0.130. The van der Waals surface area contributed by atoms with Crippen molar-refractivity contribution in [2.45, 2.75) is 108 Å². The molecule has 4 aromatic rings. The van der Waals surface area contributed by atoms with Gasteiger partial charge < -0.3 is 20.1 Å². The number of phenols is 1.